The van der Waals surface area contributed by atoms with Gasteiger partial charge in [-0.1, -0.05) is 6.58 Å². The molecule has 0 radical (unpaired) electrons. The van der Waals surface area contributed by atoms with Crippen LogP contribution in [-0.2, 0) is 11.8 Å². The highest BCUT2D eigenvalue weighted by Crippen LogP contribution is 1.80. The number of carboxylic acids is 1. The van der Waals surface area contributed by atoms with E-state index in [-0.39, 0.29) is 0 Å². The SMILES string of the molecule is C=CC(=O)[O-].Cn1cccc1. The van der Waals surface area contributed by atoms with Gasteiger partial charge in [0.2, 0.25) is 0 Å². The van der Waals surface area contributed by atoms with E-state index in [4.69, 9.17) is 9.90 Å². The molecule has 1 aromatic rings. The Hall–Kier alpha value is -1.51. The van der Waals surface area contributed by atoms with Gasteiger partial charge in [-0.15, -0.1) is 0 Å². The highest BCUT2D eigenvalue weighted by atomic mass is 16.4. The fourth-order valence-electron chi connectivity index (χ4n) is 0.421. The van der Waals surface area contributed by atoms with Crippen LogP contribution in [0.4, 0.5) is 0 Å². The minimum Gasteiger partial charge on any atom is -0.545 e. The molecule has 0 bridgehead atoms. The molecule has 3 nitrogen and oxygen atoms in total. The molecule has 0 saturated carbocycles. The zero-order valence-electron chi connectivity index (χ0n) is 6.36. The largest absolute Gasteiger partial charge is 0.545 e. The maximum Gasteiger partial charge on any atom is 0.0636 e. The topological polar surface area (TPSA) is 45.1 Å². The molecule has 0 spiro atoms. The number of carbonyl (C=O) groups excluding carboxylic acids is 1. The summed E-state index contributed by atoms with van der Waals surface area (Å²) in [5, 5.41) is 9.14. The van der Waals surface area contributed by atoms with Gasteiger partial charge in [0, 0.05) is 19.4 Å². The molecule has 0 aliphatic rings. The van der Waals surface area contributed by atoms with Crippen LogP contribution in [0.25, 0.3) is 0 Å². The average molecular weight is 152 g/mol. The normalized spacial score (nSPS) is 7.73. The van der Waals surface area contributed by atoms with E-state index in [0.717, 1.165) is 6.08 Å². The number of nitrogens with zero attached hydrogens (tertiary/aromatic N) is 1. The summed E-state index contributed by atoms with van der Waals surface area (Å²) in [5.74, 6) is -1.23. The number of aromatic nitrogens is 1. The van der Waals surface area contributed by atoms with Crippen molar-refractivity contribution in [3.05, 3.63) is 37.2 Å². The summed E-state index contributed by atoms with van der Waals surface area (Å²) < 4.78 is 2.00. The second kappa shape index (κ2) is 5.29. The highest BCUT2D eigenvalue weighted by Gasteiger charge is 1.68. The summed E-state index contributed by atoms with van der Waals surface area (Å²) in [7, 11) is 2.00. The van der Waals surface area contributed by atoms with Crippen LogP contribution in [0.15, 0.2) is 37.2 Å². The maximum absolute atomic E-state index is 9.14. The third-order valence-electron chi connectivity index (χ3n) is 0.920. The minimum absolute atomic E-state index is 0.722. The predicted octanol–water partition coefficient (Wildman–Crippen LogP) is -0.0526. The van der Waals surface area contributed by atoms with Gasteiger partial charge in [-0.3, -0.25) is 0 Å². The van der Waals surface area contributed by atoms with Gasteiger partial charge in [0.05, 0.1) is 5.97 Å². The van der Waals surface area contributed by atoms with Crippen molar-refractivity contribution in [1.29, 1.82) is 0 Å². The zero-order valence-corrected chi connectivity index (χ0v) is 6.36. The molecule has 0 atom stereocenters. The van der Waals surface area contributed by atoms with E-state index < -0.39 is 5.97 Å². The molecule has 1 heterocycles. The van der Waals surface area contributed by atoms with E-state index in [1.54, 1.807) is 0 Å². The second-order valence-corrected chi connectivity index (χ2v) is 1.87. The van der Waals surface area contributed by atoms with Crippen molar-refractivity contribution in [2.45, 2.75) is 0 Å². The molecule has 0 aliphatic heterocycles. The Morgan fingerprint density at radius 2 is 1.91 bits per heavy atom. The lowest BCUT2D eigenvalue weighted by atomic mass is 10.7. The molecule has 1 aromatic heterocycles. The lowest BCUT2D eigenvalue weighted by Crippen LogP contribution is -2.17. The quantitative estimate of drug-likeness (QED) is 0.529. The molecule has 60 valence electrons. The molecule has 0 aliphatic carbocycles. The predicted molar refractivity (Wildman–Crippen MR) is 40.6 cm³/mol. The Labute approximate surface area is 65.6 Å². The van der Waals surface area contributed by atoms with E-state index in [1.807, 2.05) is 36.1 Å². The van der Waals surface area contributed by atoms with Crippen LogP contribution in [0, 0.1) is 0 Å². The smallest absolute Gasteiger partial charge is 0.0636 e. The molecule has 0 saturated heterocycles. The molecular weight excluding hydrogens is 142 g/mol. The van der Waals surface area contributed by atoms with Crippen LogP contribution >= 0.6 is 0 Å². The molecule has 0 N–H and O–H groups in total. The Balaban J connectivity index is 0.000000187. The summed E-state index contributed by atoms with van der Waals surface area (Å²) in [6.45, 7) is 2.90. The van der Waals surface area contributed by atoms with Gasteiger partial charge >= 0.3 is 0 Å². The molecule has 3 heteroatoms. The summed E-state index contributed by atoms with van der Waals surface area (Å²) in [4.78, 5) is 9.14. The number of aliphatic carboxylic acids is 1. The van der Waals surface area contributed by atoms with Gasteiger partial charge in [0.1, 0.15) is 0 Å². The van der Waals surface area contributed by atoms with Gasteiger partial charge in [-0.25, -0.2) is 0 Å². The van der Waals surface area contributed by atoms with Crippen LogP contribution in [0.3, 0.4) is 0 Å². The first kappa shape index (κ1) is 9.49. The Morgan fingerprint density at radius 3 is 2.00 bits per heavy atom. The van der Waals surface area contributed by atoms with E-state index in [1.165, 1.54) is 0 Å². The zero-order chi connectivity index (χ0) is 8.69. The third kappa shape index (κ3) is 6.37. The number of hydrogen-bond donors (Lipinski definition) is 0. The van der Waals surface area contributed by atoms with Crippen molar-refractivity contribution in [3.8, 4) is 0 Å². The molecule has 0 unspecified atom stereocenters. The van der Waals surface area contributed by atoms with Crippen molar-refractivity contribution in [2.24, 2.45) is 7.05 Å². The summed E-state index contributed by atoms with van der Waals surface area (Å²) in [6.07, 6.45) is 4.72. The van der Waals surface area contributed by atoms with E-state index >= 15 is 0 Å². The second-order valence-electron chi connectivity index (χ2n) is 1.87. The number of carbonyl (C=O) groups is 1. The fourth-order valence-corrected chi connectivity index (χ4v) is 0.421. The van der Waals surface area contributed by atoms with Crippen LogP contribution in [0.2, 0.25) is 0 Å². The van der Waals surface area contributed by atoms with Crippen LogP contribution in [-0.4, -0.2) is 10.5 Å². The van der Waals surface area contributed by atoms with Crippen molar-refractivity contribution in [1.82, 2.24) is 4.57 Å². The lowest BCUT2D eigenvalue weighted by molar-refractivity contribution is -0.297. The van der Waals surface area contributed by atoms with E-state index in [2.05, 4.69) is 6.58 Å². The van der Waals surface area contributed by atoms with Gasteiger partial charge in [-0.05, 0) is 18.2 Å². The Morgan fingerprint density at radius 1 is 1.55 bits per heavy atom. The number of aryl methyl sites for hydroxylation is 1. The first-order valence-electron chi connectivity index (χ1n) is 3.07. The third-order valence-corrected chi connectivity index (χ3v) is 0.920. The maximum atomic E-state index is 9.14. The number of rotatable bonds is 1. The van der Waals surface area contributed by atoms with Crippen molar-refractivity contribution >= 4 is 5.97 Å². The van der Waals surface area contributed by atoms with E-state index in [0.29, 0.717) is 0 Å². The Kier molecular flexibility index (Phi) is 4.56. The molecular formula is C8H10NO2-. The number of carboxylic acid groups (broad SMARTS) is 1. The summed E-state index contributed by atoms with van der Waals surface area (Å²) >= 11 is 0. The standard InChI is InChI=1S/C5H7N.C3H4O2/c1-6-4-2-3-5-6;1-2-3(4)5/h2-5H,1H3;2H,1H2,(H,4,5)/p-1. The van der Waals surface area contributed by atoms with Gasteiger partial charge < -0.3 is 14.5 Å². The van der Waals surface area contributed by atoms with Gasteiger partial charge in [-0.2, -0.15) is 0 Å². The van der Waals surface area contributed by atoms with E-state index in [9.17, 15) is 0 Å². The van der Waals surface area contributed by atoms with Crippen LogP contribution < -0.4 is 5.11 Å². The molecule has 1 rings (SSSR count). The van der Waals surface area contributed by atoms with Crippen molar-refractivity contribution < 1.29 is 9.90 Å². The molecule has 0 aromatic carbocycles. The monoisotopic (exact) mass is 152 g/mol. The average Bonchev–Trinajstić information content (AvgIpc) is 2.41. The first-order valence-corrected chi connectivity index (χ1v) is 3.07. The highest BCUT2D eigenvalue weighted by molar-refractivity contribution is 5.76. The fraction of sp³-hybridized carbons (Fsp3) is 0.125. The number of hydrogen-bond acceptors (Lipinski definition) is 2. The van der Waals surface area contributed by atoms with Crippen molar-refractivity contribution in [2.75, 3.05) is 0 Å². The first-order chi connectivity index (χ1) is 5.16. The Bertz CT molecular complexity index is 214. The molecule has 11 heavy (non-hydrogen) atoms. The van der Waals surface area contributed by atoms with Crippen LogP contribution in [0.5, 0.6) is 0 Å². The lowest BCUT2D eigenvalue weighted by Gasteiger charge is -1.81. The van der Waals surface area contributed by atoms with Crippen LogP contribution in [0.1, 0.15) is 0 Å². The molecule has 0 fully saturated rings. The summed E-state index contributed by atoms with van der Waals surface area (Å²) in [6, 6.07) is 4.00. The minimum atomic E-state index is -1.23. The summed E-state index contributed by atoms with van der Waals surface area (Å²) in [5.41, 5.74) is 0. The van der Waals surface area contributed by atoms with Gasteiger partial charge in [0.25, 0.3) is 0 Å². The molecule has 0 amide bonds. The van der Waals surface area contributed by atoms with Gasteiger partial charge in [0.15, 0.2) is 0 Å². The van der Waals surface area contributed by atoms with Crippen molar-refractivity contribution in [3.63, 3.8) is 0 Å².